The molecule has 0 saturated heterocycles. The number of aliphatic hydroxyl groups excluding tert-OH is 1. The van der Waals surface area contributed by atoms with Gasteiger partial charge in [-0.2, -0.15) is 13.2 Å². The number of aliphatic hydroxyl groups is 1. The number of hydrogen-bond acceptors (Lipinski definition) is 2. The van der Waals surface area contributed by atoms with E-state index in [0.717, 1.165) is 5.56 Å². The van der Waals surface area contributed by atoms with E-state index in [1.165, 1.54) is 0 Å². The molecule has 0 aliphatic carbocycles. The molecule has 1 aromatic rings. The van der Waals surface area contributed by atoms with Gasteiger partial charge in [0.05, 0.1) is 19.2 Å². The first-order valence-corrected chi connectivity index (χ1v) is 5.84. The number of rotatable bonds is 5. The highest BCUT2D eigenvalue weighted by Gasteiger charge is 2.28. The lowest BCUT2D eigenvalue weighted by Gasteiger charge is -2.18. The fourth-order valence-corrected chi connectivity index (χ4v) is 1.64. The van der Waals surface area contributed by atoms with Crippen molar-refractivity contribution in [3.05, 3.63) is 35.4 Å². The van der Waals surface area contributed by atoms with E-state index in [1.807, 2.05) is 26.0 Å². The lowest BCUT2D eigenvalue weighted by atomic mass is 9.99. The Kier molecular flexibility index (Phi) is 5.16. The Hall–Kier alpha value is -1.07. The number of alkyl halides is 3. The molecule has 1 atom stereocenters. The van der Waals surface area contributed by atoms with Crippen LogP contribution in [0.2, 0.25) is 0 Å². The molecule has 0 aliphatic heterocycles. The second-order valence-corrected chi connectivity index (χ2v) is 4.55. The molecule has 1 rings (SSSR count). The molecule has 0 bridgehead atoms. The van der Waals surface area contributed by atoms with E-state index in [0.29, 0.717) is 11.5 Å². The molecular weight excluding hydrogens is 243 g/mol. The predicted molar refractivity (Wildman–Crippen MR) is 64.4 cm³/mol. The van der Waals surface area contributed by atoms with Gasteiger partial charge in [-0.05, 0) is 17.0 Å². The molecule has 0 heterocycles. The van der Waals surface area contributed by atoms with E-state index in [4.69, 9.17) is 5.11 Å². The molecule has 2 nitrogen and oxygen atoms in total. The standard InChI is InChI=1S/C13H18F3NO/c1-9(2)10-3-5-11(6-4-10)12(7-18)17-8-13(14,15)16/h3-6,9,12,17-18H,7-8H2,1-2H3. The summed E-state index contributed by atoms with van der Waals surface area (Å²) in [5.41, 5.74) is 1.78. The van der Waals surface area contributed by atoms with Gasteiger partial charge in [0.15, 0.2) is 0 Å². The van der Waals surface area contributed by atoms with Crippen molar-refractivity contribution in [3.8, 4) is 0 Å². The summed E-state index contributed by atoms with van der Waals surface area (Å²) in [6, 6.07) is 6.56. The van der Waals surface area contributed by atoms with Gasteiger partial charge in [-0.1, -0.05) is 38.1 Å². The van der Waals surface area contributed by atoms with E-state index in [9.17, 15) is 13.2 Å². The van der Waals surface area contributed by atoms with Gasteiger partial charge in [0.25, 0.3) is 0 Å². The molecule has 0 aromatic heterocycles. The second kappa shape index (κ2) is 6.20. The summed E-state index contributed by atoms with van der Waals surface area (Å²) < 4.78 is 36.3. The Balaban J connectivity index is 2.70. The fraction of sp³-hybridized carbons (Fsp3) is 0.538. The van der Waals surface area contributed by atoms with Crippen LogP contribution in [-0.2, 0) is 0 Å². The number of benzene rings is 1. The van der Waals surface area contributed by atoms with Gasteiger partial charge in [-0.3, -0.25) is 5.32 Å². The average Bonchev–Trinajstić information content (AvgIpc) is 2.29. The SMILES string of the molecule is CC(C)c1ccc(C(CO)NCC(F)(F)F)cc1. The van der Waals surface area contributed by atoms with Crippen molar-refractivity contribution in [3.63, 3.8) is 0 Å². The van der Waals surface area contributed by atoms with Gasteiger partial charge < -0.3 is 5.11 Å². The Morgan fingerprint density at radius 1 is 1.11 bits per heavy atom. The molecule has 5 heteroatoms. The van der Waals surface area contributed by atoms with Crippen molar-refractivity contribution in [1.29, 1.82) is 0 Å². The zero-order chi connectivity index (χ0) is 13.8. The third kappa shape index (κ3) is 4.66. The van der Waals surface area contributed by atoms with Crippen molar-refractivity contribution in [1.82, 2.24) is 5.32 Å². The van der Waals surface area contributed by atoms with Gasteiger partial charge >= 0.3 is 6.18 Å². The molecule has 102 valence electrons. The minimum atomic E-state index is -4.27. The van der Waals surface area contributed by atoms with Crippen LogP contribution in [0.1, 0.15) is 36.9 Å². The maximum absolute atomic E-state index is 12.1. The zero-order valence-corrected chi connectivity index (χ0v) is 10.5. The Morgan fingerprint density at radius 3 is 2.00 bits per heavy atom. The van der Waals surface area contributed by atoms with Crippen LogP contribution in [-0.4, -0.2) is 24.4 Å². The first-order chi connectivity index (χ1) is 8.33. The highest BCUT2D eigenvalue weighted by atomic mass is 19.4. The minimum Gasteiger partial charge on any atom is -0.394 e. The van der Waals surface area contributed by atoms with Crippen LogP contribution in [0.3, 0.4) is 0 Å². The van der Waals surface area contributed by atoms with Crippen LogP contribution in [0.25, 0.3) is 0 Å². The molecule has 0 spiro atoms. The van der Waals surface area contributed by atoms with Crippen molar-refractivity contribution in [2.45, 2.75) is 32.0 Å². The lowest BCUT2D eigenvalue weighted by Crippen LogP contribution is -2.33. The highest BCUT2D eigenvalue weighted by molar-refractivity contribution is 5.26. The Morgan fingerprint density at radius 2 is 1.61 bits per heavy atom. The quantitative estimate of drug-likeness (QED) is 0.854. The highest BCUT2D eigenvalue weighted by Crippen LogP contribution is 2.20. The Bertz CT molecular complexity index is 359. The van der Waals surface area contributed by atoms with E-state index in [-0.39, 0.29) is 6.61 Å². The summed E-state index contributed by atoms with van der Waals surface area (Å²) in [7, 11) is 0. The summed E-state index contributed by atoms with van der Waals surface area (Å²) in [6.45, 7) is 2.61. The summed E-state index contributed by atoms with van der Waals surface area (Å²) in [4.78, 5) is 0. The van der Waals surface area contributed by atoms with Crippen LogP contribution in [0.15, 0.2) is 24.3 Å². The summed E-state index contributed by atoms with van der Waals surface area (Å²) in [6.07, 6.45) is -4.27. The molecule has 0 fully saturated rings. The monoisotopic (exact) mass is 261 g/mol. The van der Waals surface area contributed by atoms with Crippen molar-refractivity contribution < 1.29 is 18.3 Å². The molecule has 2 N–H and O–H groups in total. The third-order valence-electron chi connectivity index (χ3n) is 2.74. The summed E-state index contributed by atoms with van der Waals surface area (Å²) in [5, 5.41) is 11.4. The van der Waals surface area contributed by atoms with Crippen LogP contribution in [0, 0.1) is 0 Å². The van der Waals surface area contributed by atoms with E-state index >= 15 is 0 Å². The molecule has 18 heavy (non-hydrogen) atoms. The zero-order valence-electron chi connectivity index (χ0n) is 10.5. The smallest absolute Gasteiger partial charge is 0.394 e. The van der Waals surface area contributed by atoms with E-state index < -0.39 is 18.8 Å². The molecule has 0 aliphatic rings. The normalized spacial score (nSPS) is 13.9. The Labute approximate surface area is 105 Å². The molecule has 0 amide bonds. The van der Waals surface area contributed by atoms with Crippen molar-refractivity contribution in [2.75, 3.05) is 13.2 Å². The average molecular weight is 261 g/mol. The number of halogens is 3. The molecular formula is C13H18F3NO. The first kappa shape index (κ1) is 15.0. The molecule has 0 radical (unpaired) electrons. The maximum Gasteiger partial charge on any atom is 0.401 e. The van der Waals surface area contributed by atoms with E-state index in [2.05, 4.69) is 5.32 Å². The van der Waals surface area contributed by atoms with Gasteiger partial charge in [0.1, 0.15) is 0 Å². The predicted octanol–water partition coefficient (Wildman–Crippen LogP) is 3.00. The first-order valence-electron chi connectivity index (χ1n) is 5.84. The maximum atomic E-state index is 12.1. The van der Waals surface area contributed by atoms with Crippen molar-refractivity contribution in [2.24, 2.45) is 0 Å². The van der Waals surface area contributed by atoms with Crippen LogP contribution >= 0.6 is 0 Å². The largest absolute Gasteiger partial charge is 0.401 e. The number of hydrogen-bond donors (Lipinski definition) is 2. The molecule has 0 saturated carbocycles. The van der Waals surface area contributed by atoms with Crippen LogP contribution in [0.5, 0.6) is 0 Å². The van der Waals surface area contributed by atoms with Gasteiger partial charge in [0.2, 0.25) is 0 Å². The fourth-order valence-electron chi connectivity index (χ4n) is 1.64. The minimum absolute atomic E-state index is 0.364. The van der Waals surface area contributed by atoms with Crippen molar-refractivity contribution >= 4 is 0 Å². The lowest BCUT2D eigenvalue weighted by molar-refractivity contribution is -0.126. The van der Waals surface area contributed by atoms with E-state index in [1.54, 1.807) is 12.1 Å². The van der Waals surface area contributed by atoms with Gasteiger partial charge in [0, 0.05) is 0 Å². The summed E-state index contributed by atoms with van der Waals surface area (Å²) in [5.74, 6) is 0.370. The molecule has 1 aromatic carbocycles. The van der Waals surface area contributed by atoms with Crippen LogP contribution in [0.4, 0.5) is 13.2 Å². The molecule has 1 unspecified atom stereocenters. The summed E-state index contributed by atoms with van der Waals surface area (Å²) >= 11 is 0. The van der Waals surface area contributed by atoms with Crippen LogP contribution < -0.4 is 5.32 Å². The number of nitrogens with one attached hydrogen (secondary N) is 1. The topological polar surface area (TPSA) is 32.3 Å². The van der Waals surface area contributed by atoms with Gasteiger partial charge in [-0.25, -0.2) is 0 Å². The third-order valence-corrected chi connectivity index (χ3v) is 2.74. The van der Waals surface area contributed by atoms with Gasteiger partial charge in [-0.15, -0.1) is 0 Å². The second-order valence-electron chi connectivity index (χ2n) is 4.55.